The third kappa shape index (κ3) is 5.83. The molecule has 0 aliphatic carbocycles. The maximum atomic E-state index is 9.80. The Labute approximate surface area is 85.9 Å². The van der Waals surface area contributed by atoms with Gasteiger partial charge in [-0.25, -0.2) is 9.79 Å². The van der Waals surface area contributed by atoms with Crippen LogP contribution >= 0.6 is 0 Å². The van der Waals surface area contributed by atoms with Crippen molar-refractivity contribution in [2.24, 2.45) is 4.99 Å². The molecular formula is C9H17NO3Si. The van der Waals surface area contributed by atoms with Crippen molar-refractivity contribution in [2.45, 2.75) is 20.4 Å². The van der Waals surface area contributed by atoms with E-state index in [1.165, 1.54) is 6.08 Å². The van der Waals surface area contributed by atoms with Crippen LogP contribution in [0.15, 0.2) is 16.8 Å². The van der Waals surface area contributed by atoms with Crippen molar-refractivity contribution in [1.82, 2.24) is 0 Å². The third-order valence-electron chi connectivity index (χ3n) is 1.54. The second-order valence-electron chi connectivity index (χ2n) is 2.72. The van der Waals surface area contributed by atoms with Crippen LogP contribution in [0.3, 0.4) is 0 Å². The Morgan fingerprint density at radius 3 is 2.36 bits per heavy atom. The van der Waals surface area contributed by atoms with Crippen LogP contribution < -0.4 is 0 Å². The highest BCUT2D eigenvalue weighted by molar-refractivity contribution is 6.71. The van der Waals surface area contributed by atoms with Crippen molar-refractivity contribution < 1.29 is 13.6 Å². The maximum Gasteiger partial charge on any atom is 0.361 e. The predicted octanol–water partition coefficient (Wildman–Crippen LogP) is 1.56. The molecule has 0 aliphatic rings. The molecule has 0 aromatic heterocycles. The second kappa shape index (κ2) is 7.64. The molecule has 0 rings (SSSR count). The maximum absolute atomic E-state index is 9.80. The fraction of sp³-hybridized carbons (Fsp3) is 0.667. The molecular weight excluding hydrogens is 198 g/mol. The Kier molecular flexibility index (Phi) is 7.24. The molecule has 0 N–H and O–H groups in total. The molecule has 0 radical (unpaired) electrons. The first-order valence-corrected chi connectivity index (χ1v) is 7.07. The summed E-state index contributed by atoms with van der Waals surface area (Å²) < 4.78 is 11.1. The molecule has 14 heavy (non-hydrogen) atoms. The van der Waals surface area contributed by atoms with E-state index < -0.39 is 8.56 Å². The zero-order chi connectivity index (χ0) is 10.9. The van der Waals surface area contributed by atoms with Gasteiger partial charge in [-0.1, -0.05) is 6.08 Å². The fourth-order valence-corrected chi connectivity index (χ4v) is 3.02. The summed E-state index contributed by atoms with van der Waals surface area (Å²) in [6.45, 7) is 7.42. The van der Waals surface area contributed by atoms with Gasteiger partial charge in [0.15, 0.2) is 0 Å². The summed E-state index contributed by atoms with van der Waals surface area (Å²) in [7, 11) is -2.17. The molecule has 0 aromatic carbocycles. The zero-order valence-electron chi connectivity index (χ0n) is 8.95. The van der Waals surface area contributed by atoms with Crippen molar-refractivity contribution >= 4 is 14.6 Å². The molecule has 80 valence electrons. The molecule has 0 unspecified atom stereocenters. The van der Waals surface area contributed by atoms with E-state index in [-0.39, 0.29) is 0 Å². The summed E-state index contributed by atoms with van der Waals surface area (Å²) in [4.78, 5) is 13.2. The number of nitrogens with zero attached hydrogens (tertiary/aromatic N) is 1. The van der Waals surface area contributed by atoms with Gasteiger partial charge in [0.1, 0.15) is 0 Å². The van der Waals surface area contributed by atoms with Gasteiger partial charge in [0, 0.05) is 13.2 Å². The fourth-order valence-electron chi connectivity index (χ4n) is 1.07. The summed E-state index contributed by atoms with van der Waals surface area (Å²) >= 11 is 0. The van der Waals surface area contributed by atoms with Gasteiger partial charge in [-0.15, -0.1) is 0 Å². The first-order valence-electron chi connectivity index (χ1n) is 4.67. The Morgan fingerprint density at radius 2 is 1.93 bits per heavy atom. The number of hydrogen-bond donors (Lipinski definition) is 0. The first-order chi connectivity index (χ1) is 6.68. The highest BCUT2D eigenvalue weighted by Gasteiger charge is 2.26. The molecule has 0 fully saturated rings. The van der Waals surface area contributed by atoms with Gasteiger partial charge in [-0.2, -0.15) is 0 Å². The zero-order valence-corrected chi connectivity index (χ0v) is 9.95. The SMILES string of the molecule is CCO[Si](C)(C=CCN=C=O)OCC. The van der Waals surface area contributed by atoms with Crippen LogP contribution in [0.4, 0.5) is 0 Å². The summed E-state index contributed by atoms with van der Waals surface area (Å²) in [5, 5.41) is 0. The number of rotatable bonds is 7. The van der Waals surface area contributed by atoms with Gasteiger partial charge in [0.05, 0.1) is 6.54 Å². The molecule has 0 aromatic rings. The number of hydrogen-bond acceptors (Lipinski definition) is 4. The van der Waals surface area contributed by atoms with Gasteiger partial charge in [-0.05, 0) is 26.1 Å². The Hall–Kier alpha value is -0.743. The van der Waals surface area contributed by atoms with Gasteiger partial charge >= 0.3 is 8.56 Å². The van der Waals surface area contributed by atoms with Crippen LogP contribution in [0.2, 0.25) is 6.55 Å². The number of isocyanates is 1. The highest BCUT2D eigenvalue weighted by atomic mass is 28.4. The van der Waals surface area contributed by atoms with Crippen molar-refractivity contribution in [3.05, 3.63) is 11.8 Å². The van der Waals surface area contributed by atoms with Crippen LogP contribution in [0.1, 0.15) is 13.8 Å². The van der Waals surface area contributed by atoms with E-state index in [1.54, 1.807) is 6.08 Å². The minimum absolute atomic E-state index is 0.340. The van der Waals surface area contributed by atoms with Crippen LogP contribution in [-0.2, 0) is 13.6 Å². The van der Waals surface area contributed by atoms with Crippen molar-refractivity contribution in [3.63, 3.8) is 0 Å². The van der Waals surface area contributed by atoms with Crippen LogP contribution in [0.25, 0.3) is 0 Å². The summed E-state index contributed by atoms with van der Waals surface area (Å²) in [5.41, 5.74) is 1.89. The minimum Gasteiger partial charge on any atom is -0.392 e. The molecule has 0 bridgehead atoms. The molecule has 0 heterocycles. The molecule has 5 heteroatoms. The van der Waals surface area contributed by atoms with Gasteiger partial charge < -0.3 is 8.85 Å². The lowest BCUT2D eigenvalue weighted by Gasteiger charge is -2.21. The standard InChI is InChI=1S/C9H17NO3Si/c1-4-12-14(3,13-5-2)8-6-7-10-9-11/h6,8H,4-5,7H2,1-3H3. The monoisotopic (exact) mass is 215 g/mol. The number of carbonyl (C=O) groups excluding carboxylic acids is 1. The lowest BCUT2D eigenvalue weighted by Crippen LogP contribution is -2.36. The average Bonchev–Trinajstić information content (AvgIpc) is 2.13. The van der Waals surface area contributed by atoms with E-state index in [2.05, 4.69) is 4.99 Å². The van der Waals surface area contributed by atoms with Crippen LogP contribution in [0, 0.1) is 0 Å². The first kappa shape index (κ1) is 13.3. The highest BCUT2D eigenvalue weighted by Crippen LogP contribution is 2.08. The third-order valence-corrected chi connectivity index (χ3v) is 4.11. The van der Waals surface area contributed by atoms with E-state index >= 15 is 0 Å². The minimum atomic E-state index is -2.17. The van der Waals surface area contributed by atoms with Crippen molar-refractivity contribution in [2.75, 3.05) is 19.8 Å². The molecule has 0 amide bonds. The van der Waals surface area contributed by atoms with Crippen LogP contribution in [0.5, 0.6) is 0 Å². The lowest BCUT2D eigenvalue weighted by molar-refractivity contribution is 0.201. The Morgan fingerprint density at radius 1 is 1.36 bits per heavy atom. The second-order valence-corrected chi connectivity index (χ2v) is 5.66. The van der Waals surface area contributed by atoms with Gasteiger partial charge in [0.2, 0.25) is 6.08 Å². The summed E-state index contributed by atoms with van der Waals surface area (Å²) in [6.07, 6.45) is 3.26. The molecule has 0 aliphatic heterocycles. The Balaban J connectivity index is 4.18. The number of aliphatic imine (C=N–C) groups is 1. The normalized spacial score (nSPS) is 11.6. The van der Waals surface area contributed by atoms with Crippen molar-refractivity contribution in [1.29, 1.82) is 0 Å². The molecule has 0 saturated carbocycles. The Bertz CT molecular complexity index is 218. The van der Waals surface area contributed by atoms with E-state index in [1.807, 2.05) is 26.1 Å². The lowest BCUT2D eigenvalue weighted by atomic mass is 10.7. The topological polar surface area (TPSA) is 47.9 Å². The van der Waals surface area contributed by atoms with Gasteiger partial charge in [0.25, 0.3) is 0 Å². The summed E-state index contributed by atoms with van der Waals surface area (Å²) in [6, 6.07) is 0. The molecule has 0 spiro atoms. The van der Waals surface area contributed by atoms with Crippen LogP contribution in [-0.4, -0.2) is 34.4 Å². The van der Waals surface area contributed by atoms with E-state index in [0.29, 0.717) is 19.8 Å². The van der Waals surface area contributed by atoms with Gasteiger partial charge in [-0.3, -0.25) is 0 Å². The average molecular weight is 215 g/mol. The van der Waals surface area contributed by atoms with Crippen molar-refractivity contribution in [3.8, 4) is 0 Å². The van der Waals surface area contributed by atoms with E-state index in [9.17, 15) is 4.79 Å². The summed E-state index contributed by atoms with van der Waals surface area (Å²) in [5.74, 6) is 0. The molecule has 0 atom stereocenters. The largest absolute Gasteiger partial charge is 0.392 e. The quantitative estimate of drug-likeness (QED) is 0.368. The smallest absolute Gasteiger partial charge is 0.361 e. The van der Waals surface area contributed by atoms with E-state index in [4.69, 9.17) is 8.85 Å². The molecule has 4 nitrogen and oxygen atoms in total. The predicted molar refractivity (Wildman–Crippen MR) is 57.0 cm³/mol. The van der Waals surface area contributed by atoms with E-state index in [0.717, 1.165) is 0 Å². The molecule has 0 saturated heterocycles.